The Morgan fingerprint density at radius 3 is 2.47 bits per heavy atom. The number of hydrogen-bond donors (Lipinski definition) is 1. The van der Waals surface area contributed by atoms with Crippen LogP contribution in [0.4, 0.5) is 0 Å². The van der Waals surface area contributed by atoms with Gasteiger partial charge in [0, 0.05) is 6.54 Å². The van der Waals surface area contributed by atoms with Crippen LogP contribution in [0.15, 0.2) is 30.3 Å². The predicted octanol–water partition coefficient (Wildman–Crippen LogP) is 2.59. The van der Waals surface area contributed by atoms with Crippen LogP contribution in [0.2, 0.25) is 0 Å². The lowest BCUT2D eigenvalue weighted by molar-refractivity contribution is -0.0275. The summed E-state index contributed by atoms with van der Waals surface area (Å²) < 4.78 is 5.86. The van der Waals surface area contributed by atoms with Gasteiger partial charge < -0.3 is 10.1 Å². The van der Waals surface area contributed by atoms with Gasteiger partial charge in [0.1, 0.15) is 0 Å². The Morgan fingerprint density at radius 2 is 1.87 bits per heavy atom. The van der Waals surface area contributed by atoms with Crippen molar-refractivity contribution in [2.45, 2.75) is 33.0 Å². The van der Waals surface area contributed by atoms with Gasteiger partial charge in [-0.05, 0) is 26.0 Å². The topological polar surface area (TPSA) is 21.3 Å². The monoisotopic (exact) mass is 207 g/mol. The van der Waals surface area contributed by atoms with E-state index in [1.807, 2.05) is 18.2 Å². The van der Waals surface area contributed by atoms with Crippen LogP contribution in [0.5, 0.6) is 0 Å². The molecule has 0 aliphatic heterocycles. The third-order valence-corrected chi connectivity index (χ3v) is 2.27. The van der Waals surface area contributed by atoms with Crippen LogP contribution in [-0.4, -0.2) is 18.7 Å². The minimum atomic E-state index is -0.105. The van der Waals surface area contributed by atoms with Gasteiger partial charge in [0.15, 0.2) is 0 Å². The third-order valence-electron chi connectivity index (χ3n) is 2.27. The average molecular weight is 207 g/mol. The molecular weight excluding hydrogens is 186 g/mol. The molecule has 0 aliphatic carbocycles. The Morgan fingerprint density at radius 1 is 1.20 bits per heavy atom. The highest BCUT2D eigenvalue weighted by molar-refractivity contribution is 5.13. The van der Waals surface area contributed by atoms with Crippen molar-refractivity contribution < 1.29 is 4.74 Å². The van der Waals surface area contributed by atoms with Crippen molar-refractivity contribution in [2.24, 2.45) is 0 Å². The van der Waals surface area contributed by atoms with E-state index in [0.29, 0.717) is 6.61 Å². The maximum atomic E-state index is 5.86. The molecule has 2 nitrogen and oxygen atoms in total. The molecule has 0 unspecified atom stereocenters. The molecule has 1 N–H and O–H groups in total. The Bertz CT molecular complexity index is 269. The van der Waals surface area contributed by atoms with E-state index in [4.69, 9.17) is 4.74 Å². The van der Waals surface area contributed by atoms with Gasteiger partial charge in [-0.25, -0.2) is 0 Å². The van der Waals surface area contributed by atoms with E-state index in [9.17, 15) is 0 Å². The molecule has 0 atom stereocenters. The highest BCUT2D eigenvalue weighted by Gasteiger charge is 2.17. The first-order valence-electron chi connectivity index (χ1n) is 5.52. The van der Waals surface area contributed by atoms with E-state index < -0.39 is 0 Å². The summed E-state index contributed by atoms with van der Waals surface area (Å²) in [6.07, 6.45) is 0. The summed E-state index contributed by atoms with van der Waals surface area (Å²) in [5, 5.41) is 3.30. The van der Waals surface area contributed by atoms with Gasteiger partial charge in [-0.3, -0.25) is 0 Å². The SMILES string of the molecule is CCNCC(C)(C)OCc1ccccc1. The molecule has 1 aromatic carbocycles. The first kappa shape index (κ1) is 12.2. The zero-order valence-electron chi connectivity index (χ0n) is 9.92. The normalized spacial score (nSPS) is 11.7. The van der Waals surface area contributed by atoms with Gasteiger partial charge in [0.2, 0.25) is 0 Å². The molecule has 1 rings (SSSR count). The molecule has 0 aromatic heterocycles. The van der Waals surface area contributed by atoms with Crippen LogP contribution >= 0.6 is 0 Å². The second kappa shape index (κ2) is 5.89. The quantitative estimate of drug-likeness (QED) is 0.774. The summed E-state index contributed by atoms with van der Waals surface area (Å²) in [7, 11) is 0. The van der Waals surface area contributed by atoms with Crippen LogP contribution in [0.25, 0.3) is 0 Å². The Hall–Kier alpha value is -0.860. The number of nitrogens with one attached hydrogen (secondary N) is 1. The molecule has 15 heavy (non-hydrogen) atoms. The second-order valence-corrected chi connectivity index (χ2v) is 4.31. The van der Waals surface area contributed by atoms with Crippen molar-refractivity contribution in [1.82, 2.24) is 5.32 Å². The standard InChI is InChI=1S/C13H21NO/c1-4-14-11-13(2,3)15-10-12-8-6-5-7-9-12/h5-9,14H,4,10-11H2,1-3H3. The molecule has 0 heterocycles. The minimum absolute atomic E-state index is 0.105. The zero-order chi connectivity index (χ0) is 11.1. The Balaban J connectivity index is 2.35. The summed E-state index contributed by atoms with van der Waals surface area (Å²) in [5.74, 6) is 0. The van der Waals surface area contributed by atoms with Gasteiger partial charge in [-0.15, -0.1) is 0 Å². The lowest BCUT2D eigenvalue weighted by Gasteiger charge is -2.25. The van der Waals surface area contributed by atoms with E-state index in [0.717, 1.165) is 13.1 Å². The molecule has 0 saturated carbocycles. The first-order chi connectivity index (χ1) is 7.14. The van der Waals surface area contributed by atoms with Crippen LogP contribution in [0, 0.1) is 0 Å². The summed E-state index contributed by atoms with van der Waals surface area (Å²) in [6.45, 7) is 8.87. The van der Waals surface area contributed by atoms with Crippen molar-refractivity contribution in [3.63, 3.8) is 0 Å². The van der Waals surface area contributed by atoms with Crippen molar-refractivity contribution >= 4 is 0 Å². The molecule has 0 bridgehead atoms. The number of benzene rings is 1. The Labute approximate surface area is 92.6 Å². The summed E-state index contributed by atoms with van der Waals surface area (Å²) in [6, 6.07) is 10.3. The number of ether oxygens (including phenoxy) is 1. The third kappa shape index (κ3) is 4.96. The number of likely N-dealkylation sites (N-methyl/N-ethyl adjacent to an activating group) is 1. The van der Waals surface area contributed by atoms with Crippen molar-refractivity contribution in [1.29, 1.82) is 0 Å². The van der Waals surface area contributed by atoms with Crippen molar-refractivity contribution in [2.75, 3.05) is 13.1 Å². The fraction of sp³-hybridized carbons (Fsp3) is 0.538. The molecule has 84 valence electrons. The lowest BCUT2D eigenvalue weighted by atomic mass is 10.1. The van der Waals surface area contributed by atoms with E-state index in [1.165, 1.54) is 5.56 Å². The van der Waals surface area contributed by atoms with E-state index in [-0.39, 0.29) is 5.60 Å². The van der Waals surface area contributed by atoms with E-state index in [1.54, 1.807) is 0 Å². The molecular formula is C13H21NO. The van der Waals surface area contributed by atoms with Crippen molar-refractivity contribution in [3.8, 4) is 0 Å². The maximum absolute atomic E-state index is 5.86. The zero-order valence-corrected chi connectivity index (χ0v) is 9.92. The molecule has 1 aromatic rings. The largest absolute Gasteiger partial charge is 0.370 e. The van der Waals surface area contributed by atoms with Gasteiger partial charge >= 0.3 is 0 Å². The van der Waals surface area contributed by atoms with Gasteiger partial charge in [0.25, 0.3) is 0 Å². The van der Waals surface area contributed by atoms with Crippen LogP contribution in [0.1, 0.15) is 26.3 Å². The summed E-state index contributed by atoms with van der Waals surface area (Å²) in [4.78, 5) is 0. The average Bonchev–Trinajstić information content (AvgIpc) is 2.25. The van der Waals surface area contributed by atoms with Crippen LogP contribution in [-0.2, 0) is 11.3 Å². The summed E-state index contributed by atoms with van der Waals surface area (Å²) >= 11 is 0. The first-order valence-corrected chi connectivity index (χ1v) is 5.52. The number of hydrogen-bond acceptors (Lipinski definition) is 2. The molecule has 2 heteroatoms. The fourth-order valence-corrected chi connectivity index (χ4v) is 1.33. The molecule has 0 spiro atoms. The molecule has 0 radical (unpaired) electrons. The lowest BCUT2D eigenvalue weighted by Crippen LogP contribution is -2.37. The van der Waals surface area contributed by atoms with Crippen LogP contribution in [0.3, 0.4) is 0 Å². The smallest absolute Gasteiger partial charge is 0.0754 e. The van der Waals surface area contributed by atoms with Crippen molar-refractivity contribution in [3.05, 3.63) is 35.9 Å². The van der Waals surface area contributed by atoms with E-state index in [2.05, 4.69) is 38.2 Å². The second-order valence-electron chi connectivity index (χ2n) is 4.31. The van der Waals surface area contributed by atoms with E-state index >= 15 is 0 Å². The predicted molar refractivity (Wildman–Crippen MR) is 63.9 cm³/mol. The number of rotatable bonds is 6. The molecule has 0 fully saturated rings. The molecule has 0 amide bonds. The highest BCUT2D eigenvalue weighted by Crippen LogP contribution is 2.11. The summed E-state index contributed by atoms with van der Waals surface area (Å²) in [5.41, 5.74) is 1.12. The fourth-order valence-electron chi connectivity index (χ4n) is 1.33. The maximum Gasteiger partial charge on any atom is 0.0754 e. The molecule has 0 aliphatic rings. The van der Waals surface area contributed by atoms with Crippen LogP contribution < -0.4 is 5.32 Å². The molecule has 0 saturated heterocycles. The highest BCUT2D eigenvalue weighted by atomic mass is 16.5. The Kier molecular flexibility index (Phi) is 4.79. The van der Waals surface area contributed by atoms with Gasteiger partial charge in [-0.1, -0.05) is 37.3 Å². The van der Waals surface area contributed by atoms with Gasteiger partial charge in [-0.2, -0.15) is 0 Å². The van der Waals surface area contributed by atoms with Gasteiger partial charge in [0.05, 0.1) is 12.2 Å². The minimum Gasteiger partial charge on any atom is -0.370 e.